The van der Waals surface area contributed by atoms with Gasteiger partial charge < -0.3 is 9.64 Å². The molecule has 2 atom stereocenters. The van der Waals surface area contributed by atoms with Gasteiger partial charge in [-0.25, -0.2) is 17.6 Å². The van der Waals surface area contributed by atoms with Crippen LogP contribution in [0.3, 0.4) is 0 Å². The second-order valence-electron chi connectivity index (χ2n) is 10.5. The van der Waals surface area contributed by atoms with E-state index in [2.05, 4.69) is 0 Å². The van der Waals surface area contributed by atoms with E-state index < -0.39 is 62.3 Å². The van der Waals surface area contributed by atoms with Crippen LogP contribution < -0.4 is 0 Å². The van der Waals surface area contributed by atoms with E-state index in [0.29, 0.717) is 12.1 Å². The monoisotopic (exact) mass is 693 g/mol. The van der Waals surface area contributed by atoms with E-state index in [-0.39, 0.29) is 29.0 Å². The fourth-order valence-electron chi connectivity index (χ4n) is 5.36. The normalized spacial score (nSPS) is 22.0. The Morgan fingerprint density at radius 3 is 2.05 bits per heavy atom. The first-order valence-electron chi connectivity index (χ1n) is 11.6. The predicted octanol–water partition coefficient (Wildman–Crippen LogP) is 6.82. The molecule has 39 heavy (non-hydrogen) atoms. The van der Waals surface area contributed by atoms with Crippen molar-refractivity contribution in [3.63, 3.8) is 0 Å². The molecule has 1 saturated heterocycles. The van der Waals surface area contributed by atoms with Gasteiger partial charge in [0.25, 0.3) is 0 Å². The summed E-state index contributed by atoms with van der Waals surface area (Å²) in [6, 6.07) is 6.06. The summed E-state index contributed by atoms with van der Waals surface area (Å²) in [5.41, 5.74) is -8.67. The van der Waals surface area contributed by atoms with Crippen molar-refractivity contribution in [3.8, 4) is 0 Å². The Balaban J connectivity index is 1.92. The Labute approximate surface area is 233 Å². The average Bonchev–Trinajstić information content (AvgIpc) is 3.31. The summed E-state index contributed by atoms with van der Waals surface area (Å²) < 4.78 is 128. The number of alkyl halides is 7. The first kappa shape index (κ1) is 29.9. The number of rotatable bonds is 3. The molecular formula is C25H23F7INO4S. The number of hydrogen-bond acceptors (Lipinski definition) is 4. The van der Waals surface area contributed by atoms with Gasteiger partial charge in [-0.1, -0.05) is 18.2 Å². The maximum absolute atomic E-state index is 14.9. The number of likely N-dealkylation sites (tertiary alicyclic amines) is 1. The molecule has 2 aliphatic rings. The zero-order valence-corrected chi connectivity index (χ0v) is 23.7. The van der Waals surface area contributed by atoms with Gasteiger partial charge in [-0.15, -0.1) is 0 Å². The quantitative estimate of drug-likeness (QED) is 0.262. The number of carbonyl (C=O) groups is 1. The number of ether oxygens (including phenoxy) is 1. The number of hydrogen-bond donors (Lipinski definition) is 0. The van der Waals surface area contributed by atoms with E-state index >= 15 is 0 Å². The summed E-state index contributed by atoms with van der Waals surface area (Å²) >= 11 is 1.97. The van der Waals surface area contributed by atoms with Crippen LogP contribution in [0.2, 0.25) is 0 Å². The molecule has 2 unspecified atom stereocenters. The van der Waals surface area contributed by atoms with Gasteiger partial charge in [0.15, 0.2) is 9.84 Å². The molecule has 2 aromatic carbocycles. The molecule has 1 heterocycles. The van der Waals surface area contributed by atoms with Crippen molar-refractivity contribution in [2.75, 3.05) is 6.54 Å². The standard InChI is InChI=1S/C25H23F7INO4S/c1-21(2,3)38-20(35)34-11-10-22(39(36,37)17-7-5-16(33)6-8-17)18-9-4-15(12-14(18)13-19(22)34)23(26,24(27,28)29)25(30,31)32/h4-9,12,19H,10-11,13H2,1-3H3. The molecule has 0 radical (unpaired) electrons. The van der Waals surface area contributed by atoms with Crippen molar-refractivity contribution >= 4 is 38.5 Å². The highest BCUT2D eigenvalue weighted by atomic mass is 127. The minimum Gasteiger partial charge on any atom is -0.444 e. The summed E-state index contributed by atoms with van der Waals surface area (Å²) in [7, 11) is -4.37. The van der Waals surface area contributed by atoms with Crippen LogP contribution in [0, 0.1) is 3.57 Å². The molecule has 0 saturated carbocycles. The van der Waals surface area contributed by atoms with Crippen molar-refractivity contribution in [1.82, 2.24) is 4.90 Å². The van der Waals surface area contributed by atoms with Gasteiger partial charge in [-0.05, 0) is 91.6 Å². The lowest BCUT2D eigenvalue weighted by atomic mass is 9.90. The van der Waals surface area contributed by atoms with Gasteiger partial charge in [0.1, 0.15) is 10.3 Å². The first-order valence-corrected chi connectivity index (χ1v) is 14.2. The van der Waals surface area contributed by atoms with E-state index in [1.807, 2.05) is 22.6 Å². The van der Waals surface area contributed by atoms with Gasteiger partial charge in [0, 0.05) is 15.7 Å². The average molecular weight is 693 g/mol. The smallest absolute Gasteiger partial charge is 0.435 e. The summed E-state index contributed by atoms with van der Waals surface area (Å²) in [5.74, 6) is 0. The van der Waals surface area contributed by atoms with E-state index in [4.69, 9.17) is 4.74 Å². The third-order valence-corrected chi connectivity index (χ3v) is 10.3. The molecule has 1 fully saturated rings. The first-order chi connectivity index (χ1) is 17.7. The Hall–Kier alpha value is -2.10. The molecular weight excluding hydrogens is 670 g/mol. The summed E-state index contributed by atoms with van der Waals surface area (Å²) in [4.78, 5) is 14.0. The molecule has 0 bridgehead atoms. The van der Waals surface area contributed by atoms with Crippen molar-refractivity contribution in [2.45, 2.75) is 72.9 Å². The Morgan fingerprint density at radius 1 is 0.974 bits per heavy atom. The van der Waals surface area contributed by atoms with Crippen LogP contribution in [0.5, 0.6) is 0 Å². The highest BCUT2D eigenvalue weighted by Crippen LogP contribution is 2.57. The van der Waals surface area contributed by atoms with Crippen LogP contribution in [-0.4, -0.2) is 50.0 Å². The largest absolute Gasteiger partial charge is 0.444 e. The van der Waals surface area contributed by atoms with E-state index in [1.165, 1.54) is 24.3 Å². The molecule has 4 rings (SSSR count). The summed E-state index contributed by atoms with van der Waals surface area (Å²) in [6.07, 6.45) is -14.2. The van der Waals surface area contributed by atoms with Crippen LogP contribution in [0.1, 0.15) is 43.9 Å². The number of carbonyl (C=O) groups excluding carboxylic acids is 1. The number of benzene rings is 2. The summed E-state index contributed by atoms with van der Waals surface area (Å²) in [5, 5.41) is 0. The molecule has 2 aromatic rings. The second kappa shape index (κ2) is 9.21. The molecule has 1 aliphatic heterocycles. The zero-order chi connectivity index (χ0) is 29.4. The number of fused-ring (bicyclic) bond motifs is 3. The van der Waals surface area contributed by atoms with E-state index in [1.54, 1.807) is 20.8 Å². The van der Waals surface area contributed by atoms with Crippen LogP contribution in [0.15, 0.2) is 47.4 Å². The third-order valence-electron chi connectivity index (χ3n) is 7.02. The highest BCUT2D eigenvalue weighted by Gasteiger charge is 2.74. The van der Waals surface area contributed by atoms with Crippen LogP contribution in [-0.2, 0) is 31.4 Å². The Morgan fingerprint density at radius 2 is 1.54 bits per heavy atom. The SMILES string of the molecule is CC(C)(C)OC(=O)N1CCC2(S(=O)(=O)c3ccc(I)cc3)c3ccc(C(F)(C(F)(F)F)C(F)(F)F)cc3CC12. The number of nitrogens with zero attached hydrogens (tertiary/aromatic N) is 1. The lowest BCUT2D eigenvalue weighted by Crippen LogP contribution is -2.50. The lowest BCUT2D eigenvalue weighted by Gasteiger charge is -2.34. The molecule has 1 amide bonds. The minimum atomic E-state index is -6.33. The maximum atomic E-state index is 14.9. The van der Waals surface area contributed by atoms with Gasteiger partial charge in [0.2, 0.25) is 0 Å². The Bertz CT molecular complexity index is 1390. The van der Waals surface area contributed by atoms with Gasteiger partial charge in [-0.2, -0.15) is 26.3 Å². The van der Waals surface area contributed by atoms with Crippen molar-refractivity contribution in [3.05, 3.63) is 62.7 Å². The fraction of sp³-hybridized carbons (Fsp3) is 0.480. The van der Waals surface area contributed by atoms with Crippen molar-refractivity contribution in [1.29, 1.82) is 0 Å². The van der Waals surface area contributed by atoms with E-state index in [9.17, 15) is 43.9 Å². The molecule has 5 nitrogen and oxygen atoms in total. The topological polar surface area (TPSA) is 63.7 Å². The third kappa shape index (κ3) is 4.58. The van der Waals surface area contributed by atoms with Gasteiger partial charge in [-0.3, -0.25) is 0 Å². The van der Waals surface area contributed by atoms with Crippen LogP contribution in [0.25, 0.3) is 0 Å². The summed E-state index contributed by atoms with van der Waals surface area (Å²) in [6.45, 7) is 4.66. The van der Waals surface area contributed by atoms with Crippen molar-refractivity contribution < 1.29 is 48.7 Å². The molecule has 1 aliphatic carbocycles. The number of amides is 1. The maximum Gasteiger partial charge on any atom is 0.435 e. The van der Waals surface area contributed by atoms with Crippen LogP contribution in [0.4, 0.5) is 35.5 Å². The Kier molecular flexibility index (Phi) is 7.06. The molecule has 214 valence electrons. The fourth-order valence-corrected chi connectivity index (χ4v) is 8.05. The minimum absolute atomic E-state index is 0.0763. The van der Waals surface area contributed by atoms with Gasteiger partial charge >= 0.3 is 24.1 Å². The van der Waals surface area contributed by atoms with E-state index in [0.717, 1.165) is 14.5 Å². The molecule has 0 aromatic heterocycles. The predicted molar refractivity (Wildman–Crippen MR) is 134 cm³/mol. The van der Waals surface area contributed by atoms with Gasteiger partial charge in [0.05, 0.1) is 10.9 Å². The lowest BCUT2D eigenvalue weighted by molar-refractivity contribution is -0.348. The second-order valence-corrected chi connectivity index (χ2v) is 14.0. The molecule has 14 heteroatoms. The van der Waals surface area contributed by atoms with Crippen LogP contribution >= 0.6 is 22.6 Å². The highest BCUT2D eigenvalue weighted by molar-refractivity contribution is 14.1. The molecule has 0 N–H and O–H groups in total. The van der Waals surface area contributed by atoms with Crippen molar-refractivity contribution in [2.24, 2.45) is 0 Å². The number of sulfone groups is 1. The molecule has 0 spiro atoms. The number of halogens is 8. The zero-order valence-electron chi connectivity index (χ0n) is 20.8.